The summed E-state index contributed by atoms with van der Waals surface area (Å²) in [6.45, 7) is 0. The number of carbonyl (C=O) groups is 1. The Balaban J connectivity index is 1.82. The summed E-state index contributed by atoms with van der Waals surface area (Å²) in [4.78, 5) is 16.1. The van der Waals surface area contributed by atoms with Crippen molar-refractivity contribution in [3.05, 3.63) is 72.1 Å². The van der Waals surface area contributed by atoms with E-state index in [1.165, 1.54) is 50.9 Å². The van der Waals surface area contributed by atoms with E-state index in [0.29, 0.717) is 11.8 Å². The third-order valence-electron chi connectivity index (χ3n) is 4.10. The molecule has 0 aliphatic carbocycles. The first-order chi connectivity index (χ1) is 14.7. The molecule has 0 bridgehead atoms. The lowest BCUT2D eigenvalue weighted by atomic mass is 10.2. The number of hydrogen-bond donors (Lipinski definition) is 2. The van der Waals surface area contributed by atoms with Gasteiger partial charge in [-0.15, -0.1) is 0 Å². The Morgan fingerprint density at radius 3 is 2.39 bits per heavy atom. The Bertz CT molecular complexity index is 1240. The zero-order valence-electron chi connectivity index (χ0n) is 16.3. The summed E-state index contributed by atoms with van der Waals surface area (Å²) in [7, 11) is -1.25. The van der Waals surface area contributed by atoms with Gasteiger partial charge in [0.05, 0.1) is 42.3 Å². The van der Waals surface area contributed by atoms with E-state index < -0.39 is 27.6 Å². The molecule has 1 aromatic heterocycles. The number of methoxy groups -OCH3 is 2. The maximum Gasteiger partial charge on any atom is 0.262 e. The molecule has 11 heteroatoms. The molecule has 31 heavy (non-hydrogen) atoms. The molecule has 1 heterocycles. The average Bonchev–Trinajstić information content (AvgIpc) is 2.75. The summed E-state index contributed by atoms with van der Waals surface area (Å²) in [6.07, 6.45) is 2.37. The topological polar surface area (TPSA) is 107 Å². The van der Waals surface area contributed by atoms with Crippen molar-refractivity contribution in [2.24, 2.45) is 0 Å². The Morgan fingerprint density at radius 2 is 1.71 bits per heavy atom. The van der Waals surface area contributed by atoms with Gasteiger partial charge in [0.25, 0.3) is 15.9 Å². The van der Waals surface area contributed by atoms with Gasteiger partial charge in [-0.2, -0.15) is 0 Å². The lowest BCUT2D eigenvalue weighted by Gasteiger charge is -2.12. The van der Waals surface area contributed by atoms with E-state index in [1.54, 1.807) is 0 Å². The van der Waals surface area contributed by atoms with Crippen LogP contribution in [0.15, 0.2) is 59.8 Å². The number of pyridine rings is 1. The van der Waals surface area contributed by atoms with Gasteiger partial charge in [0.1, 0.15) is 11.6 Å². The van der Waals surface area contributed by atoms with Crippen LogP contribution in [0.25, 0.3) is 0 Å². The van der Waals surface area contributed by atoms with Crippen LogP contribution in [-0.2, 0) is 10.0 Å². The van der Waals surface area contributed by atoms with E-state index in [0.717, 1.165) is 12.1 Å². The molecule has 8 nitrogen and oxygen atoms in total. The fourth-order valence-electron chi connectivity index (χ4n) is 2.60. The first-order valence-corrected chi connectivity index (χ1v) is 10.2. The van der Waals surface area contributed by atoms with Gasteiger partial charge in [-0.1, -0.05) is 0 Å². The number of nitrogens with zero attached hydrogens (tertiary/aromatic N) is 1. The Labute approximate surface area is 176 Å². The minimum absolute atomic E-state index is 0.00186. The smallest absolute Gasteiger partial charge is 0.262 e. The summed E-state index contributed by atoms with van der Waals surface area (Å²) >= 11 is 0. The Kier molecular flexibility index (Phi) is 6.35. The van der Waals surface area contributed by atoms with Crippen molar-refractivity contribution in [2.75, 3.05) is 24.3 Å². The molecule has 0 radical (unpaired) electrons. The molecule has 3 aromatic rings. The van der Waals surface area contributed by atoms with Crippen molar-refractivity contribution in [3.63, 3.8) is 0 Å². The molecule has 0 saturated carbocycles. The number of sulfonamides is 1. The molecule has 0 fully saturated rings. The number of ether oxygens (including phenoxy) is 2. The quantitative estimate of drug-likeness (QED) is 0.572. The van der Waals surface area contributed by atoms with Crippen LogP contribution in [0.3, 0.4) is 0 Å². The molecule has 3 rings (SSSR count). The number of amides is 1. The summed E-state index contributed by atoms with van der Waals surface area (Å²) in [5, 5.41) is 2.27. The van der Waals surface area contributed by atoms with Gasteiger partial charge < -0.3 is 14.8 Å². The third-order valence-corrected chi connectivity index (χ3v) is 5.48. The second-order valence-corrected chi connectivity index (χ2v) is 7.85. The van der Waals surface area contributed by atoms with Crippen LogP contribution in [0.1, 0.15) is 10.4 Å². The molecule has 1 amide bonds. The number of nitrogens with one attached hydrogen (secondary N) is 2. The number of rotatable bonds is 7. The summed E-state index contributed by atoms with van der Waals surface area (Å²) in [5.41, 5.74) is -0.277. The van der Waals surface area contributed by atoms with E-state index in [-0.39, 0.29) is 27.6 Å². The lowest BCUT2D eigenvalue weighted by Crippen LogP contribution is -2.16. The number of benzene rings is 2. The summed E-state index contributed by atoms with van der Waals surface area (Å²) < 4.78 is 64.7. The Morgan fingerprint density at radius 1 is 0.968 bits per heavy atom. The number of carbonyl (C=O) groups excluding carboxylic acids is 1. The van der Waals surface area contributed by atoms with Gasteiger partial charge in [0.15, 0.2) is 11.5 Å². The van der Waals surface area contributed by atoms with E-state index >= 15 is 0 Å². The molecule has 0 aliphatic heterocycles. The second kappa shape index (κ2) is 8.96. The normalized spacial score (nSPS) is 11.0. The second-order valence-electron chi connectivity index (χ2n) is 6.16. The third kappa shape index (κ3) is 5.07. The van der Waals surface area contributed by atoms with Crippen LogP contribution in [0.5, 0.6) is 11.5 Å². The number of hydrogen-bond acceptors (Lipinski definition) is 6. The van der Waals surface area contributed by atoms with Crippen LogP contribution >= 0.6 is 0 Å². The highest BCUT2D eigenvalue weighted by Gasteiger charge is 2.18. The zero-order chi connectivity index (χ0) is 22.6. The number of anilines is 2. The van der Waals surface area contributed by atoms with Gasteiger partial charge >= 0.3 is 0 Å². The van der Waals surface area contributed by atoms with E-state index in [1.807, 2.05) is 0 Å². The molecular weight excluding hydrogens is 432 g/mol. The van der Waals surface area contributed by atoms with Crippen molar-refractivity contribution in [1.82, 2.24) is 4.98 Å². The predicted octanol–water partition coefficient (Wildman–Crippen LogP) is 3.43. The van der Waals surface area contributed by atoms with Crippen molar-refractivity contribution in [3.8, 4) is 11.5 Å². The molecule has 0 spiro atoms. The number of aromatic nitrogens is 1. The van der Waals surface area contributed by atoms with Crippen LogP contribution in [-0.4, -0.2) is 33.5 Å². The summed E-state index contributed by atoms with van der Waals surface area (Å²) in [5.74, 6) is -1.92. The SMILES string of the molecule is COc1ccc(S(=O)(=O)Nc2cncc(C(=O)Nc3ccc(F)cc3F)c2)cc1OC. The molecule has 2 N–H and O–H groups in total. The maximum absolute atomic E-state index is 13.8. The van der Waals surface area contributed by atoms with Crippen molar-refractivity contribution in [1.29, 1.82) is 0 Å². The van der Waals surface area contributed by atoms with E-state index in [9.17, 15) is 22.0 Å². The fourth-order valence-corrected chi connectivity index (χ4v) is 3.65. The van der Waals surface area contributed by atoms with Crippen LogP contribution < -0.4 is 19.5 Å². The average molecular weight is 449 g/mol. The van der Waals surface area contributed by atoms with Crippen molar-refractivity contribution < 1.29 is 31.5 Å². The molecule has 0 aliphatic rings. The van der Waals surface area contributed by atoms with Gasteiger partial charge in [-0.25, -0.2) is 17.2 Å². The molecule has 0 atom stereocenters. The largest absolute Gasteiger partial charge is 0.493 e. The lowest BCUT2D eigenvalue weighted by molar-refractivity contribution is 0.102. The fraction of sp³-hybridized carbons (Fsp3) is 0.100. The van der Waals surface area contributed by atoms with E-state index in [4.69, 9.17) is 9.47 Å². The van der Waals surface area contributed by atoms with Gasteiger partial charge in [0.2, 0.25) is 0 Å². The van der Waals surface area contributed by atoms with Gasteiger partial charge in [-0.05, 0) is 30.3 Å². The molecule has 0 unspecified atom stereocenters. The highest BCUT2D eigenvalue weighted by atomic mass is 32.2. The Hall–Kier alpha value is -3.73. The summed E-state index contributed by atoms with van der Waals surface area (Å²) in [6, 6.07) is 7.95. The minimum Gasteiger partial charge on any atom is -0.493 e. The highest BCUT2D eigenvalue weighted by molar-refractivity contribution is 7.92. The first-order valence-electron chi connectivity index (χ1n) is 8.70. The highest BCUT2D eigenvalue weighted by Crippen LogP contribution is 2.30. The van der Waals surface area contributed by atoms with Gasteiger partial charge in [0, 0.05) is 18.3 Å². The first kappa shape index (κ1) is 22.0. The molecule has 0 saturated heterocycles. The number of halogens is 2. The molecule has 2 aromatic carbocycles. The van der Waals surface area contributed by atoms with Crippen LogP contribution in [0, 0.1) is 11.6 Å². The molecular formula is C20H17F2N3O5S. The van der Waals surface area contributed by atoms with Gasteiger partial charge in [-0.3, -0.25) is 14.5 Å². The van der Waals surface area contributed by atoms with Crippen LogP contribution in [0.2, 0.25) is 0 Å². The monoisotopic (exact) mass is 449 g/mol. The molecule has 162 valence electrons. The standard InChI is InChI=1S/C20H17F2N3O5S/c1-29-18-6-4-15(9-19(18)30-2)31(27,28)25-14-7-12(10-23-11-14)20(26)24-17-5-3-13(21)8-16(17)22/h3-11,25H,1-2H3,(H,24,26). The van der Waals surface area contributed by atoms with Crippen molar-refractivity contribution in [2.45, 2.75) is 4.90 Å². The van der Waals surface area contributed by atoms with Crippen LogP contribution in [0.4, 0.5) is 20.2 Å². The van der Waals surface area contributed by atoms with E-state index in [2.05, 4.69) is 15.0 Å². The zero-order valence-corrected chi connectivity index (χ0v) is 17.2. The minimum atomic E-state index is -4.04. The van der Waals surface area contributed by atoms with Crippen molar-refractivity contribution >= 4 is 27.3 Å². The predicted molar refractivity (Wildman–Crippen MR) is 109 cm³/mol. The maximum atomic E-state index is 13.8.